The summed E-state index contributed by atoms with van der Waals surface area (Å²) in [6.45, 7) is 1.07. The summed E-state index contributed by atoms with van der Waals surface area (Å²) in [5.74, 6) is 0.116. The fraction of sp³-hybridized carbons (Fsp3) is 0.300. The van der Waals surface area contributed by atoms with Crippen molar-refractivity contribution in [3.8, 4) is 0 Å². The van der Waals surface area contributed by atoms with E-state index in [1.54, 1.807) is 28.9 Å². The number of nitrogens with zero attached hydrogens (tertiary/aromatic N) is 2. The van der Waals surface area contributed by atoms with E-state index in [2.05, 4.69) is 37.0 Å². The molecule has 1 aromatic carbocycles. The molecule has 1 aliphatic rings. The van der Waals surface area contributed by atoms with Crippen LogP contribution in [0.1, 0.15) is 28.9 Å². The maximum absolute atomic E-state index is 13.0. The molecule has 10 heteroatoms. The van der Waals surface area contributed by atoms with Gasteiger partial charge in [0.2, 0.25) is 0 Å². The van der Waals surface area contributed by atoms with Gasteiger partial charge in [-0.3, -0.25) is 9.63 Å². The monoisotopic (exact) mass is 511 g/mol. The molecule has 2 heterocycles. The van der Waals surface area contributed by atoms with Crippen LogP contribution in [0.15, 0.2) is 35.1 Å². The zero-order valence-corrected chi connectivity index (χ0v) is 19.2. The van der Waals surface area contributed by atoms with Gasteiger partial charge in [0.25, 0.3) is 5.91 Å². The molecule has 1 amide bonds. The third kappa shape index (κ3) is 4.58. The smallest absolute Gasteiger partial charge is 0.278 e. The van der Waals surface area contributed by atoms with Crippen molar-refractivity contribution < 1.29 is 9.63 Å². The fourth-order valence-electron chi connectivity index (χ4n) is 3.02. The number of anilines is 2. The lowest BCUT2D eigenvalue weighted by atomic mass is 10.2. The average molecular weight is 513 g/mol. The van der Waals surface area contributed by atoms with Crippen molar-refractivity contribution in [1.82, 2.24) is 20.2 Å². The van der Waals surface area contributed by atoms with E-state index in [1.165, 1.54) is 0 Å². The average Bonchev–Trinajstić information content (AvgIpc) is 3.45. The number of aromatic nitrogens is 2. The number of benzene rings is 1. The lowest BCUT2D eigenvalue weighted by Crippen LogP contribution is -2.26. The Morgan fingerprint density at radius 3 is 2.87 bits per heavy atom. The molecule has 3 N–H and O–H groups in total. The van der Waals surface area contributed by atoms with E-state index in [0.29, 0.717) is 51.7 Å². The topological polar surface area (TPSA) is 79.7 Å². The molecule has 1 fully saturated rings. The van der Waals surface area contributed by atoms with E-state index in [4.69, 9.17) is 28.0 Å². The van der Waals surface area contributed by atoms with Crippen LogP contribution in [0.25, 0.3) is 5.65 Å². The van der Waals surface area contributed by atoms with Crippen LogP contribution in [0.2, 0.25) is 10.0 Å². The molecule has 0 atom stereocenters. The Balaban J connectivity index is 1.74. The normalized spacial score (nSPS) is 13.6. The van der Waals surface area contributed by atoms with Crippen molar-refractivity contribution in [2.24, 2.45) is 5.92 Å². The number of rotatable bonds is 8. The van der Waals surface area contributed by atoms with E-state index >= 15 is 0 Å². The molecule has 30 heavy (non-hydrogen) atoms. The highest BCUT2D eigenvalue weighted by Crippen LogP contribution is 2.36. The molecule has 4 rings (SSSR count). The quantitative estimate of drug-likeness (QED) is 0.372. The second-order valence-electron chi connectivity index (χ2n) is 7.14. The molecule has 158 valence electrons. The van der Waals surface area contributed by atoms with Crippen LogP contribution in [0.3, 0.4) is 0 Å². The molecule has 0 unspecified atom stereocenters. The number of pyridine rings is 1. The van der Waals surface area contributed by atoms with Gasteiger partial charge in [0.1, 0.15) is 5.02 Å². The fourth-order valence-corrected chi connectivity index (χ4v) is 4.03. The van der Waals surface area contributed by atoms with E-state index < -0.39 is 5.91 Å². The maximum atomic E-state index is 13.0. The van der Waals surface area contributed by atoms with Crippen LogP contribution in [-0.4, -0.2) is 28.9 Å². The van der Waals surface area contributed by atoms with Crippen molar-refractivity contribution in [2.75, 3.05) is 19.0 Å². The lowest BCUT2D eigenvalue weighted by Gasteiger charge is -2.16. The highest BCUT2D eigenvalue weighted by Gasteiger charge is 2.24. The van der Waals surface area contributed by atoms with Gasteiger partial charge in [0.05, 0.1) is 40.5 Å². The van der Waals surface area contributed by atoms with Gasteiger partial charge in [-0.15, -0.1) is 0 Å². The number of imidazole rings is 1. The minimum absolute atomic E-state index is 0.311. The maximum Gasteiger partial charge on any atom is 0.278 e. The summed E-state index contributed by atoms with van der Waals surface area (Å²) in [6, 6.07) is 5.41. The number of hydrogen-bond donors (Lipinski definition) is 3. The predicted octanol–water partition coefficient (Wildman–Crippen LogP) is 4.94. The van der Waals surface area contributed by atoms with Gasteiger partial charge in [-0.25, -0.2) is 10.5 Å². The Bertz CT molecular complexity index is 1100. The van der Waals surface area contributed by atoms with Crippen LogP contribution in [0, 0.1) is 5.92 Å². The van der Waals surface area contributed by atoms with Crippen molar-refractivity contribution in [3.05, 3.63) is 56.4 Å². The molecule has 3 aromatic rings. The number of carbonyl (C=O) groups excluding carboxylic acids is 1. The van der Waals surface area contributed by atoms with Gasteiger partial charge in [0, 0.05) is 17.2 Å². The molecule has 0 radical (unpaired) electrons. The Morgan fingerprint density at radius 1 is 1.37 bits per heavy atom. The number of halogens is 3. The van der Waals surface area contributed by atoms with Gasteiger partial charge >= 0.3 is 0 Å². The summed E-state index contributed by atoms with van der Waals surface area (Å²) in [5, 5.41) is 7.07. The number of nitrogens with one attached hydrogen (secondary N) is 3. The second kappa shape index (κ2) is 9.11. The van der Waals surface area contributed by atoms with E-state index in [1.807, 2.05) is 13.1 Å². The van der Waals surface area contributed by atoms with Crippen LogP contribution in [0.5, 0.6) is 0 Å². The standard InChI is InChI=1S/C20H20BrCl2N5O2/c1-24-7-13-8-25-19-17(23)18(26-16-5-4-12(21)6-15(16)22)14(9-28(13)19)20(29)27-30-10-11-2-3-11/h4-6,8-9,11,24,26H,2-3,7,10H2,1H3,(H,27,29). The molecular weight excluding hydrogens is 493 g/mol. The van der Waals surface area contributed by atoms with Crippen LogP contribution in [0.4, 0.5) is 11.4 Å². The first-order chi connectivity index (χ1) is 14.5. The number of amides is 1. The molecule has 0 saturated heterocycles. The summed E-state index contributed by atoms with van der Waals surface area (Å²) >= 11 is 16.4. The van der Waals surface area contributed by atoms with Crippen LogP contribution in [-0.2, 0) is 11.4 Å². The van der Waals surface area contributed by atoms with Crippen LogP contribution < -0.4 is 16.1 Å². The Kier molecular flexibility index (Phi) is 6.50. The minimum atomic E-state index is -0.403. The highest BCUT2D eigenvalue weighted by atomic mass is 79.9. The van der Waals surface area contributed by atoms with E-state index in [0.717, 1.165) is 23.0 Å². The lowest BCUT2D eigenvalue weighted by molar-refractivity contribution is 0.0270. The molecule has 1 aliphatic carbocycles. The van der Waals surface area contributed by atoms with Gasteiger partial charge in [-0.1, -0.05) is 39.1 Å². The van der Waals surface area contributed by atoms with Gasteiger partial charge < -0.3 is 15.0 Å². The third-order valence-electron chi connectivity index (χ3n) is 4.79. The zero-order chi connectivity index (χ0) is 21.3. The summed E-state index contributed by atoms with van der Waals surface area (Å²) in [6.07, 6.45) is 5.68. The molecule has 0 spiro atoms. The molecule has 2 aromatic heterocycles. The molecule has 0 aliphatic heterocycles. The number of hydroxylamine groups is 1. The minimum Gasteiger partial charge on any atom is -0.352 e. The Morgan fingerprint density at radius 2 is 2.17 bits per heavy atom. The number of carbonyl (C=O) groups is 1. The summed E-state index contributed by atoms with van der Waals surface area (Å²) in [5.41, 5.74) is 5.27. The second-order valence-corrected chi connectivity index (χ2v) is 8.84. The number of fused-ring (bicyclic) bond motifs is 1. The third-order valence-corrected chi connectivity index (χ3v) is 5.95. The van der Waals surface area contributed by atoms with Gasteiger partial charge in [0.15, 0.2) is 5.65 Å². The first-order valence-electron chi connectivity index (χ1n) is 9.45. The molecule has 1 saturated carbocycles. The molecular formula is C20H20BrCl2N5O2. The van der Waals surface area contributed by atoms with Crippen molar-refractivity contribution in [2.45, 2.75) is 19.4 Å². The van der Waals surface area contributed by atoms with Crippen molar-refractivity contribution in [1.29, 1.82) is 0 Å². The summed E-state index contributed by atoms with van der Waals surface area (Å²) < 4.78 is 2.64. The van der Waals surface area contributed by atoms with Crippen molar-refractivity contribution >= 4 is 62.1 Å². The van der Waals surface area contributed by atoms with Crippen LogP contribution >= 0.6 is 39.1 Å². The summed E-state index contributed by atoms with van der Waals surface area (Å²) in [4.78, 5) is 22.8. The Labute approximate surface area is 192 Å². The molecule has 7 nitrogen and oxygen atoms in total. The predicted molar refractivity (Wildman–Crippen MR) is 122 cm³/mol. The van der Waals surface area contributed by atoms with Crippen molar-refractivity contribution in [3.63, 3.8) is 0 Å². The molecule has 0 bridgehead atoms. The van der Waals surface area contributed by atoms with Gasteiger partial charge in [-0.05, 0) is 44.0 Å². The first-order valence-corrected chi connectivity index (χ1v) is 11.0. The SMILES string of the molecule is CNCc1cnc2c(Cl)c(Nc3ccc(Br)cc3Cl)c(C(=O)NOCC3CC3)cn12. The van der Waals surface area contributed by atoms with E-state index in [-0.39, 0.29) is 0 Å². The van der Waals surface area contributed by atoms with E-state index in [9.17, 15) is 4.79 Å². The largest absolute Gasteiger partial charge is 0.352 e. The first kappa shape index (κ1) is 21.4. The zero-order valence-electron chi connectivity index (χ0n) is 16.1. The van der Waals surface area contributed by atoms with Gasteiger partial charge in [-0.2, -0.15) is 0 Å². The Hall–Kier alpha value is -1.84. The summed E-state index contributed by atoms with van der Waals surface area (Å²) in [7, 11) is 1.84. The number of hydrogen-bond acceptors (Lipinski definition) is 5. The highest BCUT2D eigenvalue weighted by molar-refractivity contribution is 9.10.